The highest BCUT2D eigenvalue weighted by molar-refractivity contribution is 5.95. The van der Waals surface area contributed by atoms with Gasteiger partial charge in [-0.25, -0.2) is 4.39 Å². The zero-order valence-corrected chi connectivity index (χ0v) is 25.4. The second-order valence-corrected chi connectivity index (χ2v) is 12.3. The van der Waals surface area contributed by atoms with Crippen LogP contribution < -0.4 is 4.90 Å². The normalized spacial score (nSPS) is 17.2. The van der Waals surface area contributed by atoms with Crippen LogP contribution in [0.25, 0.3) is 0 Å². The lowest BCUT2D eigenvalue weighted by atomic mass is 9.74. The van der Waals surface area contributed by atoms with E-state index in [1.807, 2.05) is 23.1 Å². The van der Waals surface area contributed by atoms with Gasteiger partial charge in [0.1, 0.15) is 5.82 Å². The van der Waals surface area contributed by atoms with Gasteiger partial charge in [0.2, 0.25) is 5.91 Å². The number of hydrogen-bond acceptors (Lipinski definition) is 3. The van der Waals surface area contributed by atoms with Crippen molar-refractivity contribution in [3.05, 3.63) is 100 Å². The summed E-state index contributed by atoms with van der Waals surface area (Å²) in [5, 5.41) is 0. The van der Waals surface area contributed by atoms with Crippen molar-refractivity contribution in [2.75, 3.05) is 44.7 Å². The molecule has 1 fully saturated rings. The molecule has 1 atom stereocenters. The summed E-state index contributed by atoms with van der Waals surface area (Å²) in [5.41, 5.74) is -1.20. The van der Waals surface area contributed by atoms with Crippen molar-refractivity contribution in [3.63, 3.8) is 0 Å². The average molecular weight is 650 g/mol. The molecule has 2 aliphatic rings. The molecule has 0 aliphatic carbocycles. The maximum Gasteiger partial charge on any atom is 0.416 e. The third-order valence-electron chi connectivity index (χ3n) is 9.23. The maximum absolute atomic E-state index is 13.8. The Balaban J connectivity index is 1.30. The van der Waals surface area contributed by atoms with Gasteiger partial charge in [-0.1, -0.05) is 30.3 Å². The van der Waals surface area contributed by atoms with Crippen LogP contribution in [0.4, 0.5) is 36.4 Å². The molecule has 0 bridgehead atoms. The van der Waals surface area contributed by atoms with Gasteiger partial charge in [0.05, 0.1) is 11.1 Å². The van der Waals surface area contributed by atoms with Gasteiger partial charge in [-0.3, -0.25) is 9.59 Å². The predicted molar refractivity (Wildman–Crippen MR) is 159 cm³/mol. The minimum Gasteiger partial charge on any atom is -0.341 e. The van der Waals surface area contributed by atoms with Crippen molar-refractivity contribution in [2.24, 2.45) is 0 Å². The highest BCUT2D eigenvalue weighted by atomic mass is 19.4. The number of anilines is 1. The summed E-state index contributed by atoms with van der Waals surface area (Å²) in [6.07, 6.45) is -8.01. The summed E-state index contributed by atoms with van der Waals surface area (Å²) in [5.74, 6) is -1.84. The lowest BCUT2D eigenvalue weighted by molar-refractivity contribution is -0.143. The number of rotatable bonds is 7. The summed E-state index contributed by atoms with van der Waals surface area (Å²) in [6, 6.07) is 14.5. The molecule has 1 spiro atoms. The molecule has 2 aliphatic heterocycles. The Labute approximate surface area is 262 Å². The monoisotopic (exact) mass is 649 g/mol. The topological polar surface area (TPSA) is 43.9 Å². The number of alkyl halides is 6. The first kappa shape index (κ1) is 33.4. The van der Waals surface area contributed by atoms with Crippen LogP contribution in [0, 0.1) is 5.82 Å². The van der Waals surface area contributed by atoms with Crippen LogP contribution in [0.1, 0.15) is 64.7 Å². The number of amides is 2. The van der Waals surface area contributed by atoms with Crippen LogP contribution >= 0.6 is 0 Å². The van der Waals surface area contributed by atoms with E-state index >= 15 is 0 Å². The molecular weight excluding hydrogens is 615 g/mol. The smallest absolute Gasteiger partial charge is 0.341 e. The van der Waals surface area contributed by atoms with E-state index in [9.17, 15) is 40.3 Å². The molecule has 0 N–H and O–H groups in total. The number of carbonyl (C=O) groups is 2. The van der Waals surface area contributed by atoms with Crippen molar-refractivity contribution in [3.8, 4) is 0 Å². The molecule has 12 heteroatoms. The third kappa shape index (κ3) is 7.06. The Morgan fingerprint density at radius 2 is 1.48 bits per heavy atom. The summed E-state index contributed by atoms with van der Waals surface area (Å²) in [7, 11) is 1.33. The second-order valence-electron chi connectivity index (χ2n) is 12.3. The summed E-state index contributed by atoms with van der Waals surface area (Å²) in [6.45, 7) is 4.25. The molecule has 1 saturated heterocycles. The van der Waals surface area contributed by atoms with E-state index in [0.717, 1.165) is 42.1 Å². The molecular formula is C34H34F7N3O2. The Bertz CT molecular complexity index is 1550. The van der Waals surface area contributed by atoms with Crippen LogP contribution in [0.15, 0.2) is 66.7 Å². The highest BCUT2D eigenvalue weighted by Gasteiger charge is 2.45. The predicted octanol–water partition coefficient (Wildman–Crippen LogP) is 7.51. The van der Waals surface area contributed by atoms with Crippen molar-refractivity contribution >= 4 is 17.5 Å². The lowest BCUT2D eigenvalue weighted by Gasteiger charge is -2.40. The first-order chi connectivity index (χ1) is 21.6. The SMILES string of the molecule is CC(=O)N1CC2(CCN(CC[C@H](CN(C)C(=O)c3cc(C(F)(F)F)cc(C(F)(F)F)c3)c3ccc(F)cc3)CC2)c2ccccc21. The number of likely N-dealkylation sites (tertiary alicyclic amines) is 1. The first-order valence-electron chi connectivity index (χ1n) is 15.0. The fourth-order valence-electron chi connectivity index (χ4n) is 6.69. The number of carbonyl (C=O) groups excluding carboxylic acids is 2. The van der Waals surface area contributed by atoms with E-state index < -0.39 is 40.8 Å². The molecule has 2 amide bonds. The van der Waals surface area contributed by atoms with Crippen molar-refractivity contribution in [1.29, 1.82) is 0 Å². The zero-order valence-electron chi connectivity index (χ0n) is 25.4. The number of fused-ring (bicyclic) bond motifs is 2. The highest BCUT2D eigenvalue weighted by Crippen LogP contribution is 2.47. The Kier molecular flexibility index (Phi) is 9.23. The zero-order chi connectivity index (χ0) is 33.4. The van der Waals surface area contributed by atoms with Crippen LogP contribution in [-0.4, -0.2) is 61.4 Å². The number of halogens is 7. The summed E-state index contributed by atoms with van der Waals surface area (Å²) >= 11 is 0. The Morgan fingerprint density at radius 3 is 2.04 bits per heavy atom. The van der Waals surface area contributed by atoms with E-state index in [4.69, 9.17) is 0 Å². The van der Waals surface area contributed by atoms with E-state index in [1.54, 1.807) is 19.1 Å². The van der Waals surface area contributed by atoms with Crippen molar-refractivity contribution < 1.29 is 40.3 Å². The Hall–Kier alpha value is -3.93. The van der Waals surface area contributed by atoms with Gasteiger partial charge in [0, 0.05) is 49.6 Å². The van der Waals surface area contributed by atoms with Crippen molar-refractivity contribution in [2.45, 2.75) is 49.9 Å². The van der Waals surface area contributed by atoms with Crippen LogP contribution in [0.3, 0.4) is 0 Å². The second kappa shape index (κ2) is 12.7. The standard InChI is InChI=1S/C34H34F7N3O2/c1-22(45)44-21-32(29-5-3-4-6-30(29)44)12-15-43(16-13-32)14-11-24(23-7-9-28(35)10-8-23)20-42(2)31(46)25-17-26(33(36,37)38)19-27(18-25)34(39,40)41/h3-10,17-19,24H,11-16,20-21H2,1-2H3/t24-/m1/s1. The average Bonchev–Trinajstić information content (AvgIpc) is 3.33. The largest absolute Gasteiger partial charge is 0.416 e. The number of hydrogen-bond donors (Lipinski definition) is 0. The fraction of sp³-hybridized carbons (Fsp3) is 0.412. The molecule has 3 aromatic rings. The number of nitrogens with zero attached hydrogens (tertiary/aromatic N) is 3. The lowest BCUT2D eigenvalue weighted by Crippen LogP contribution is -2.46. The van der Waals surface area contributed by atoms with Crippen LogP contribution in [0.2, 0.25) is 0 Å². The van der Waals surface area contributed by atoms with Gasteiger partial charge in [-0.15, -0.1) is 0 Å². The molecule has 3 aromatic carbocycles. The van der Waals surface area contributed by atoms with E-state index in [-0.39, 0.29) is 29.9 Å². The molecule has 246 valence electrons. The number of likely N-dealkylation sites (N-methyl/N-ethyl adjacent to an activating group) is 1. The van der Waals surface area contributed by atoms with E-state index in [0.29, 0.717) is 37.2 Å². The molecule has 5 rings (SSSR count). The van der Waals surface area contributed by atoms with E-state index in [2.05, 4.69) is 11.0 Å². The van der Waals surface area contributed by atoms with Gasteiger partial charge in [-0.2, -0.15) is 26.3 Å². The molecule has 5 nitrogen and oxygen atoms in total. The maximum atomic E-state index is 13.8. The van der Waals surface area contributed by atoms with Gasteiger partial charge in [0.25, 0.3) is 5.91 Å². The molecule has 2 heterocycles. The molecule has 46 heavy (non-hydrogen) atoms. The quantitative estimate of drug-likeness (QED) is 0.249. The van der Waals surface area contributed by atoms with Gasteiger partial charge >= 0.3 is 12.4 Å². The fourth-order valence-corrected chi connectivity index (χ4v) is 6.69. The minimum absolute atomic E-state index is 0.00711. The number of benzene rings is 3. The van der Waals surface area contributed by atoms with Gasteiger partial charge in [-0.05, 0) is 86.4 Å². The van der Waals surface area contributed by atoms with Crippen LogP contribution in [-0.2, 0) is 22.6 Å². The summed E-state index contributed by atoms with van der Waals surface area (Å²) < 4.78 is 94.3. The number of para-hydroxylation sites is 1. The molecule has 0 aromatic heterocycles. The van der Waals surface area contributed by atoms with Crippen molar-refractivity contribution in [1.82, 2.24) is 9.80 Å². The third-order valence-corrected chi connectivity index (χ3v) is 9.23. The number of piperidine rings is 1. The van der Waals surface area contributed by atoms with Gasteiger partial charge in [0.15, 0.2) is 0 Å². The molecule has 0 radical (unpaired) electrons. The minimum atomic E-state index is -5.08. The van der Waals surface area contributed by atoms with E-state index in [1.165, 1.54) is 19.2 Å². The van der Waals surface area contributed by atoms with Gasteiger partial charge < -0.3 is 14.7 Å². The van der Waals surface area contributed by atoms with Crippen LogP contribution in [0.5, 0.6) is 0 Å². The first-order valence-corrected chi connectivity index (χ1v) is 15.0. The summed E-state index contributed by atoms with van der Waals surface area (Å²) in [4.78, 5) is 30.8. The molecule has 0 saturated carbocycles. The molecule has 0 unspecified atom stereocenters. The Morgan fingerprint density at radius 1 is 0.891 bits per heavy atom.